The smallest absolute Gasteiger partial charge is 0.138 e. The molecule has 0 amide bonds. The molecule has 8 unspecified atom stereocenters. The molecule has 7 aromatic carbocycles. The van der Waals surface area contributed by atoms with Crippen molar-refractivity contribution in [1.82, 2.24) is 15.0 Å². The van der Waals surface area contributed by atoms with E-state index in [1.54, 1.807) is 16.1 Å². The monoisotopic (exact) mass is 2450 g/mol. The Balaban J connectivity index is 0.000000172. The van der Waals surface area contributed by atoms with Gasteiger partial charge in [-0.2, -0.15) is 0 Å². The number of hydrogen-bond donors (Lipinski definition) is 5. The molecule has 11 heterocycles. The van der Waals surface area contributed by atoms with Gasteiger partial charge in [0.15, 0.2) is 38.8 Å². The van der Waals surface area contributed by atoms with Crippen molar-refractivity contribution < 1.29 is 68.7 Å². The zero-order chi connectivity index (χ0) is 107. The predicted molar refractivity (Wildman–Crippen MR) is 613 cm³/mol. The van der Waals surface area contributed by atoms with E-state index in [1.807, 2.05) is 202 Å². The normalized spacial score (nSPS) is 18.4. The number of nitrogens with zero attached hydrogens (tertiary/aromatic N) is 17. The molecule has 0 aliphatic carbocycles. The van der Waals surface area contributed by atoms with Gasteiger partial charge in [-0.05, 0) is 141 Å². The minimum absolute atomic E-state index is 0.000973. The Kier molecular flexibility index (Phi) is 50.8. The summed E-state index contributed by atoms with van der Waals surface area (Å²) in [6.45, 7) is 23.7. The number of hydrogen-bond acceptors (Lipinski definition) is 27. The Morgan fingerprint density at radius 3 is 0.893 bits per heavy atom. The fourth-order valence-corrected chi connectivity index (χ4v) is 36.6. The maximum Gasteiger partial charge on any atom is 0.138 e. The van der Waals surface area contributed by atoms with Crippen LogP contribution in [-0.4, -0.2) is 232 Å². The molecule has 3 aromatic heterocycles. The molecule has 10 aromatic rings. The molecule has 8 atom stereocenters. The summed E-state index contributed by atoms with van der Waals surface area (Å²) in [4.78, 5) is 67.0. The summed E-state index contributed by atoms with van der Waals surface area (Å²) in [5.41, 5.74) is 36.7. The van der Waals surface area contributed by atoms with Crippen LogP contribution in [0.3, 0.4) is 0 Å². The van der Waals surface area contributed by atoms with Crippen LogP contribution in [-0.2, 0) is 43.1 Å². The Morgan fingerprint density at radius 2 is 0.638 bits per heavy atom. The zero-order valence-corrected chi connectivity index (χ0v) is 99.0. The summed E-state index contributed by atoms with van der Waals surface area (Å²) >= 11 is 5.91. The van der Waals surface area contributed by atoms with Crippen molar-refractivity contribution in [1.29, 1.82) is 0 Å². The number of aliphatic hydroxyl groups is 5. The molecule has 0 radical (unpaired) electrons. The summed E-state index contributed by atoms with van der Waals surface area (Å²) in [5, 5.41) is 83.6. The molecule has 0 saturated carbocycles. The predicted octanol–water partition coefficient (Wildman–Crippen LogP) is 24.3. The zero-order valence-electron chi connectivity index (χ0n) is 87.5. The first-order chi connectivity index (χ1) is 71.9. The van der Waals surface area contributed by atoms with Gasteiger partial charge in [-0.1, -0.05) is 244 Å². The minimum Gasteiger partial charge on any atom is -0.392 e. The summed E-state index contributed by atoms with van der Waals surface area (Å²) in [6, 6.07) is 75.1. The number of pyridine rings is 3. The van der Waals surface area contributed by atoms with Gasteiger partial charge in [0.2, 0.25) is 0 Å². The third kappa shape index (κ3) is 39.8. The van der Waals surface area contributed by atoms with Crippen LogP contribution in [0.25, 0.3) is 43.4 Å². The minimum atomic E-state index is -2.21. The number of rotatable bonds is 32. The maximum atomic E-state index is 9.02. The van der Waals surface area contributed by atoms with E-state index >= 15 is 0 Å². The SMILES string of the molecule is CC(C)(C)[Si](C)(C)OCC1CC(Br)=NO1.CCC[CH2][Sn]([CH2]CCC)([CH2]CCC)[c]1ccccn1.Cc1ccc(C2=NOC(CN=[N+]=[N-])C2)cc1.Cc1ccc(C2=NOC(CO)C2)cc1.OCC1CC(c2ccc(-c3ccccn3)cc2)=NO1.OCC1CC(c2ccc(Br)cc2)=NO1.OCC1CC(c2ccc(Br)cc2)=NO1.[CH3][Sn]([CH3])([CH3])[c]1ccc(C2=NOC(CO)C2)cc1.[N-]=[N+]=NCC1CC(c2ccc(-c3ccccn3)cc2)=NO1. The van der Waals surface area contributed by atoms with E-state index in [-0.39, 0.29) is 86.9 Å². The van der Waals surface area contributed by atoms with Crippen LogP contribution in [0.15, 0.2) is 303 Å². The van der Waals surface area contributed by atoms with Crippen molar-refractivity contribution in [3.63, 3.8) is 0 Å². The van der Waals surface area contributed by atoms with Gasteiger partial charge >= 0.3 is 231 Å². The summed E-state index contributed by atoms with van der Waals surface area (Å²) in [6.07, 6.45) is 18.4. The molecule has 18 rings (SSSR count). The van der Waals surface area contributed by atoms with Gasteiger partial charge in [-0.3, -0.25) is 9.97 Å². The first kappa shape index (κ1) is 120. The summed E-state index contributed by atoms with van der Waals surface area (Å²) in [5.74, 6) is 0. The van der Waals surface area contributed by atoms with Crippen molar-refractivity contribution in [2.45, 2.75) is 240 Å². The Labute approximate surface area is 910 Å². The second-order valence-electron chi connectivity index (χ2n) is 39.5. The number of benzene rings is 7. The second kappa shape index (κ2) is 63.0. The molecule has 0 bridgehead atoms. The van der Waals surface area contributed by atoms with E-state index < -0.39 is 45.1 Å². The largest absolute Gasteiger partial charge is 0.392 e. The van der Waals surface area contributed by atoms with Crippen LogP contribution in [0, 0.1) is 13.8 Å². The Morgan fingerprint density at radius 1 is 0.362 bits per heavy atom. The van der Waals surface area contributed by atoms with E-state index in [4.69, 9.17) is 84.7 Å². The number of aromatic nitrogens is 3. The van der Waals surface area contributed by atoms with Crippen molar-refractivity contribution in [3.8, 4) is 22.5 Å². The van der Waals surface area contributed by atoms with Gasteiger partial charge < -0.3 is 58.7 Å². The molecule has 0 saturated heterocycles. The average Bonchev–Trinajstić information content (AvgIpc) is 1.74. The van der Waals surface area contributed by atoms with Gasteiger partial charge in [0.1, 0.15) is 16.8 Å². The molecular formula is C112H142Br3N17O14SiSn2. The van der Waals surface area contributed by atoms with Crippen LogP contribution in [0.2, 0.25) is 46.3 Å². The second-order valence-corrected chi connectivity index (χ2v) is 74.6. The van der Waals surface area contributed by atoms with E-state index in [0.29, 0.717) is 64.6 Å². The number of aliphatic hydroxyl groups excluding tert-OH is 5. The molecular weight excluding hydrogens is 2310 g/mol. The van der Waals surface area contributed by atoms with Gasteiger partial charge in [-0.25, -0.2) is 0 Å². The van der Waals surface area contributed by atoms with Gasteiger partial charge in [0.05, 0.1) is 91.8 Å². The molecule has 8 aliphatic rings. The van der Waals surface area contributed by atoms with Crippen molar-refractivity contribution in [2.24, 2.45) is 51.5 Å². The van der Waals surface area contributed by atoms with Crippen molar-refractivity contribution >= 4 is 145 Å². The van der Waals surface area contributed by atoms with Crippen LogP contribution >= 0.6 is 47.8 Å². The van der Waals surface area contributed by atoms with Gasteiger partial charge in [-0.15, -0.1) is 0 Å². The van der Waals surface area contributed by atoms with Crippen LogP contribution in [0.1, 0.15) is 182 Å². The number of unbranched alkanes of at least 4 members (excludes halogenated alkanes) is 3. The summed E-state index contributed by atoms with van der Waals surface area (Å²) in [7, 11) is -1.64. The number of azide groups is 2. The van der Waals surface area contributed by atoms with Crippen LogP contribution in [0.5, 0.6) is 0 Å². The average molecular weight is 2460 g/mol. The van der Waals surface area contributed by atoms with E-state index in [1.165, 1.54) is 66.5 Å². The molecule has 0 spiro atoms. The molecule has 37 heteroatoms. The topological polar surface area (TPSA) is 419 Å². The van der Waals surface area contributed by atoms with Gasteiger partial charge in [0.25, 0.3) is 0 Å². The summed E-state index contributed by atoms with van der Waals surface area (Å²) < 4.78 is 16.6. The third-order valence-corrected chi connectivity index (χ3v) is 52.9. The van der Waals surface area contributed by atoms with E-state index in [0.717, 1.165) is 121 Å². The van der Waals surface area contributed by atoms with E-state index in [9.17, 15) is 0 Å². The number of oxime groups is 8. The third-order valence-electron chi connectivity index (χ3n) is 25.8. The fraction of sp³-hybridized carbons (Fsp3) is 0.420. The molecule has 149 heavy (non-hydrogen) atoms. The molecule has 8 aliphatic heterocycles. The standard InChI is InChI=1S/C15H13N5O.C15H14N2O2.C11H12N4O.C11H13NO2.C10H20BrNO2Si.2C10H10BrNO2.C10H10NO2.C5H4N.3C4H9.3CH3.2Sn/c16-20-18-10-13-9-15(19-21-13)12-6-4-11(5-7-12)14-3-1-2-8-17-14;18-10-13-9-15(17-19-13)12-6-4-11(5-7-12)14-3-1-2-8-16-14;1-8-2-4-9(5-3-8)11-6-10(16-14-11)7-13-15-12;1-8-2-4-9(5-3-8)11-6-10(7-13)14-12-11;1-10(2,3)15(4,5)13-7-8-6-9(11)12-14-8;2*11-8-3-1-7(2-4-8)10-5-9(6-13)14-12-10;12-7-9-6-10(11-13-9)8-4-2-1-3-5-8;1-2-4-6-5-3-1;3*1-3-4-2;;;;;/h1-8,13H,9-10H2;1-8,13,18H,9-10H2;2-5,10H,6-7H2,1H3;2-5,10,13H,6-7H2,1H3;8H,6-7H2,1-5H3;2*1-4,9,13H,5-6H2;2-5,9,12H,6-7H2;1-4H;3*1,3-4H2,2H3;3*1H3;;. The number of aryl methyl sites for hydroxylation is 2. The van der Waals surface area contributed by atoms with Crippen molar-refractivity contribution in [3.05, 3.63) is 323 Å². The maximum absolute atomic E-state index is 9.02. The fourth-order valence-electron chi connectivity index (χ4n) is 15.8. The van der Waals surface area contributed by atoms with Crippen LogP contribution < -0.4 is 7.29 Å². The quantitative estimate of drug-likeness (QED) is 0.0113. The Hall–Kier alpha value is -10.6. The molecule has 792 valence electrons. The first-order valence-corrected chi connectivity index (χ1v) is 73.6. The molecule has 5 N–H and O–H groups in total. The van der Waals surface area contributed by atoms with Gasteiger partial charge in [0, 0.05) is 87.2 Å². The number of halogens is 3. The van der Waals surface area contributed by atoms with E-state index in [2.05, 4.69) is 231 Å². The Bertz CT molecular complexity index is 5900. The first-order valence-electron chi connectivity index (χ1n) is 50.8. The molecule has 31 nitrogen and oxygen atoms in total. The molecule has 0 fully saturated rings. The van der Waals surface area contributed by atoms with Crippen LogP contribution in [0.4, 0.5) is 0 Å². The van der Waals surface area contributed by atoms with Crippen molar-refractivity contribution in [2.75, 3.05) is 52.7 Å².